The molecule has 7 nitrogen and oxygen atoms in total. The van der Waals surface area contributed by atoms with Gasteiger partial charge in [0.1, 0.15) is 18.1 Å². The van der Waals surface area contributed by atoms with E-state index in [9.17, 15) is 4.79 Å². The van der Waals surface area contributed by atoms with Crippen molar-refractivity contribution in [2.75, 3.05) is 5.32 Å². The Morgan fingerprint density at radius 2 is 1.88 bits per heavy atom. The van der Waals surface area contributed by atoms with Crippen LogP contribution in [0, 0.1) is 13.8 Å². The number of carbonyl (C=O) groups excluding carboxylic acids is 1. The molecular weight excluding hydrogens is 496 g/mol. The first kappa shape index (κ1) is 22.1. The van der Waals surface area contributed by atoms with Crippen molar-refractivity contribution in [3.05, 3.63) is 92.4 Å². The number of hydrogen-bond acceptors (Lipinski definition) is 5. The second-order valence-corrected chi connectivity index (χ2v) is 8.56. The van der Waals surface area contributed by atoms with Gasteiger partial charge in [-0.05, 0) is 59.6 Å². The lowest BCUT2D eigenvalue weighted by molar-refractivity contribution is 0.101. The molecule has 9 heteroatoms. The number of carbonyl (C=O) groups is 1. The average Bonchev–Trinajstić information content (AvgIpc) is 3.31. The summed E-state index contributed by atoms with van der Waals surface area (Å²) in [6, 6.07) is 15.2. The number of anilines is 1. The van der Waals surface area contributed by atoms with Crippen LogP contribution < -0.4 is 10.1 Å². The third-order valence-electron chi connectivity index (χ3n) is 4.81. The first-order valence-electron chi connectivity index (χ1n) is 9.82. The molecule has 32 heavy (non-hydrogen) atoms. The number of amides is 1. The lowest BCUT2D eigenvalue weighted by atomic mass is 10.2. The molecule has 0 aliphatic carbocycles. The van der Waals surface area contributed by atoms with Gasteiger partial charge in [-0.2, -0.15) is 5.10 Å². The molecule has 0 unspecified atom stereocenters. The third kappa shape index (κ3) is 5.20. The van der Waals surface area contributed by atoms with Crippen LogP contribution in [0.3, 0.4) is 0 Å². The van der Waals surface area contributed by atoms with Crippen LogP contribution in [0.5, 0.6) is 5.75 Å². The third-order valence-corrected chi connectivity index (χ3v) is 5.64. The van der Waals surface area contributed by atoms with E-state index >= 15 is 0 Å². The molecule has 2 aromatic carbocycles. The molecule has 0 atom stereocenters. The Morgan fingerprint density at radius 1 is 1.16 bits per heavy atom. The molecule has 4 rings (SSSR count). The van der Waals surface area contributed by atoms with Gasteiger partial charge in [-0.25, -0.2) is 0 Å². The fourth-order valence-corrected chi connectivity index (χ4v) is 3.58. The van der Waals surface area contributed by atoms with E-state index in [2.05, 4.69) is 31.5 Å². The highest BCUT2D eigenvalue weighted by Crippen LogP contribution is 2.24. The van der Waals surface area contributed by atoms with Crippen molar-refractivity contribution < 1.29 is 14.1 Å². The zero-order chi connectivity index (χ0) is 22.7. The Morgan fingerprint density at radius 3 is 2.59 bits per heavy atom. The van der Waals surface area contributed by atoms with Gasteiger partial charge in [0.2, 0.25) is 0 Å². The molecule has 4 aromatic rings. The summed E-state index contributed by atoms with van der Waals surface area (Å²) in [6.07, 6.45) is 1.79. The average molecular weight is 516 g/mol. The predicted octanol–water partition coefficient (Wildman–Crippen LogP) is 5.78. The molecule has 1 N–H and O–H groups in total. The van der Waals surface area contributed by atoms with Crippen LogP contribution in [0.4, 0.5) is 5.82 Å². The van der Waals surface area contributed by atoms with Gasteiger partial charge in [0.15, 0.2) is 11.5 Å². The molecule has 164 valence electrons. The van der Waals surface area contributed by atoms with Crippen LogP contribution in [0.1, 0.15) is 32.9 Å². The summed E-state index contributed by atoms with van der Waals surface area (Å²) in [7, 11) is 0. The van der Waals surface area contributed by atoms with E-state index in [1.807, 2.05) is 55.5 Å². The van der Waals surface area contributed by atoms with Gasteiger partial charge in [-0.3, -0.25) is 9.48 Å². The summed E-state index contributed by atoms with van der Waals surface area (Å²) in [4.78, 5) is 12.9. The lowest BCUT2D eigenvalue weighted by Crippen LogP contribution is -2.16. The van der Waals surface area contributed by atoms with Gasteiger partial charge in [-0.1, -0.05) is 46.6 Å². The number of ether oxygens (including phenoxy) is 1. The van der Waals surface area contributed by atoms with Crippen molar-refractivity contribution in [2.45, 2.75) is 27.0 Å². The maximum atomic E-state index is 12.9. The molecule has 0 aliphatic heterocycles. The predicted molar refractivity (Wildman–Crippen MR) is 125 cm³/mol. The van der Waals surface area contributed by atoms with Crippen LogP contribution in [0.15, 0.2) is 63.7 Å². The molecule has 0 fully saturated rings. The van der Waals surface area contributed by atoms with Crippen LogP contribution >= 0.6 is 27.5 Å². The van der Waals surface area contributed by atoms with E-state index in [1.165, 1.54) is 0 Å². The Bertz CT molecular complexity index is 1230. The molecule has 0 saturated heterocycles. The van der Waals surface area contributed by atoms with Gasteiger partial charge in [-0.15, -0.1) is 0 Å². The van der Waals surface area contributed by atoms with E-state index in [0.717, 1.165) is 11.1 Å². The van der Waals surface area contributed by atoms with Crippen LogP contribution in [-0.2, 0) is 13.2 Å². The number of hydrogen-bond donors (Lipinski definition) is 1. The van der Waals surface area contributed by atoms with Crippen LogP contribution in [-0.4, -0.2) is 20.8 Å². The van der Waals surface area contributed by atoms with E-state index < -0.39 is 5.91 Å². The van der Waals surface area contributed by atoms with Crippen molar-refractivity contribution in [2.24, 2.45) is 0 Å². The van der Waals surface area contributed by atoms with Crippen molar-refractivity contribution in [1.29, 1.82) is 0 Å². The van der Waals surface area contributed by atoms with E-state index in [-0.39, 0.29) is 12.3 Å². The van der Waals surface area contributed by atoms with Gasteiger partial charge < -0.3 is 14.6 Å². The van der Waals surface area contributed by atoms with Crippen molar-refractivity contribution in [3.63, 3.8) is 0 Å². The lowest BCUT2D eigenvalue weighted by Gasteiger charge is -2.07. The van der Waals surface area contributed by atoms with Crippen molar-refractivity contribution in [3.8, 4) is 5.75 Å². The smallest absolute Gasteiger partial charge is 0.279 e. The van der Waals surface area contributed by atoms with Crippen LogP contribution in [0.2, 0.25) is 5.02 Å². The fraction of sp³-hybridized carbons (Fsp3) is 0.174. The van der Waals surface area contributed by atoms with Crippen molar-refractivity contribution in [1.82, 2.24) is 14.9 Å². The molecule has 2 heterocycles. The Balaban J connectivity index is 1.45. The van der Waals surface area contributed by atoms with E-state index in [4.69, 9.17) is 20.9 Å². The van der Waals surface area contributed by atoms with Crippen molar-refractivity contribution >= 4 is 39.3 Å². The topological polar surface area (TPSA) is 82.2 Å². The number of nitrogens with zero attached hydrogens (tertiary/aromatic N) is 3. The fourth-order valence-electron chi connectivity index (χ4n) is 3.04. The quantitative estimate of drug-likeness (QED) is 0.337. The summed E-state index contributed by atoms with van der Waals surface area (Å²) in [5.41, 5.74) is 2.91. The second kappa shape index (κ2) is 9.58. The summed E-state index contributed by atoms with van der Waals surface area (Å²) in [5, 5.41) is 11.8. The SMILES string of the molecule is Cc1ccc(OCc2c(C(=O)Nc3nn(Cc4ccc(Cl)cc4)cc3Br)noc2C)cc1. The summed E-state index contributed by atoms with van der Waals surface area (Å²) >= 11 is 9.38. The maximum absolute atomic E-state index is 12.9. The number of halogens is 2. The normalized spacial score (nSPS) is 10.9. The number of nitrogens with one attached hydrogen (secondary N) is 1. The first-order valence-corrected chi connectivity index (χ1v) is 11.0. The number of benzene rings is 2. The molecular formula is C23H20BrClN4O3. The summed E-state index contributed by atoms with van der Waals surface area (Å²) in [6.45, 7) is 4.44. The van der Waals surface area contributed by atoms with Crippen LogP contribution in [0.25, 0.3) is 0 Å². The molecule has 2 aromatic heterocycles. The number of aromatic nitrogens is 3. The standard InChI is InChI=1S/C23H20BrClN4O3/c1-14-3-9-18(10-4-14)31-13-19-15(2)32-28-21(19)23(30)26-22-20(24)12-29(27-22)11-16-5-7-17(25)8-6-16/h3-10,12H,11,13H2,1-2H3,(H,26,27,30). The Labute approximate surface area is 198 Å². The minimum absolute atomic E-state index is 0.160. The number of aryl methyl sites for hydroxylation is 2. The molecule has 0 saturated carbocycles. The molecule has 0 spiro atoms. The largest absolute Gasteiger partial charge is 0.489 e. The number of rotatable bonds is 7. The molecule has 0 radical (unpaired) electrons. The van der Waals surface area contributed by atoms with Gasteiger partial charge in [0, 0.05) is 11.2 Å². The zero-order valence-electron chi connectivity index (χ0n) is 17.4. The monoisotopic (exact) mass is 514 g/mol. The Hall–Kier alpha value is -3.10. The van der Waals surface area contributed by atoms with Gasteiger partial charge in [0.25, 0.3) is 5.91 Å². The second-order valence-electron chi connectivity index (χ2n) is 7.27. The minimum atomic E-state index is -0.429. The molecule has 0 bridgehead atoms. The maximum Gasteiger partial charge on any atom is 0.279 e. The highest BCUT2D eigenvalue weighted by atomic mass is 79.9. The highest BCUT2D eigenvalue weighted by molar-refractivity contribution is 9.10. The molecule has 1 amide bonds. The van der Waals surface area contributed by atoms with Gasteiger partial charge >= 0.3 is 0 Å². The minimum Gasteiger partial charge on any atom is -0.489 e. The first-order chi connectivity index (χ1) is 15.4. The van der Waals surface area contributed by atoms with E-state index in [0.29, 0.717) is 38.9 Å². The zero-order valence-corrected chi connectivity index (χ0v) is 19.8. The summed E-state index contributed by atoms with van der Waals surface area (Å²) in [5.74, 6) is 1.18. The Kier molecular flexibility index (Phi) is 6.62. The summed E-state index contributed by atoms with van der Waals surface area (Å²) < 4.78 is 13.4. The van der Waals surface area contributed by atoms with E-state index in [1.54, 1.807) is 17.8 Å². The highest BCUT2D eigenvalue weighted by Gasteiger charge is 2.22. The van der Waals surface area contributed by atoms with Gasteiger partial charge in [0.05, 0.1) is 16.6 Å². The molecule has 0 aliphatic rings.